The number of hydrogen-bond donors (Lipinski definition) is 9. The highest BCUT2D eigenvalue weighted by Crippen LogP contribution is 2.35. The van der Waals surface area contributed by atoms with E-state index in [-0.39, 0.29) is 67.2 Å². The summed E-state index contributed by atoms with van der Waals surface area (Å²) < 4.78 is 29.4. The summed E-state index contributed by atoms with van der Waals surface area (Å²) in [6.07, 6.45) is 8.94. The van der Waals surface area contributed by atoms with Crippen LogP contribution in [0.25, 0.3) is 45.0 Å². The quantitative estimate of drug-likeness (QED) is 0.0257. The van der Waals surface area contributed by atoms with Crippen molar-refractivity contribution in [1.82, 2.24) is 40.1 Å². The average Bonchev–Trinajstić information content (AvgIpc) is 0.816. The van der Waals surface area contributed by atoms with Gasteiger partial charge in [0.2, 0.25) is 5.88 Å². The summed E-state index contributed by atoms with van der Waals surface area (Å²) in [4.78, 5) is 115. The predicted molar refractivity (Wildman–Crippen MR) is 507 cm³/mol. The lowest BCUT2D eigenvalue weighted by atomic mass is 10.1. The van der Waals surface area contributed by atoms with E-state index in [0.717, 1.165) is 5.56 Å². The summed E-state index contributed by atoms with van der Waals surface area (Å²) in [5.74, 6) is -1.92. The lowest BCUT2D eigenvalue weighted by molar-refractivity contribution is 0.0921. The van der Waals surface area contributed by atoms with Crippen molar-refractivity contribution < 1.29 is 51.8 Å². The number of benzene rings is 8. The van der Waals surface area contributed by atoms with Gasteiger partial charge in [-0.3, -0.25) is 53.5 Å². The number of nitrogens with two attached hydrogens (primary N) is 1. The van der Waals surface area contributed by atoms with Crippen LogP contribution in [-0.4, -0.2) is 136 Å². The standard InChI is InChI=1S/C25H18Cl2N4O3.C24H17Cl2N5O2.C23H24ClN3O3S.C22H19Cl2N3O3/c1-34-23-10-7-17(14-29-23)31-24(32)15-5-8-18(21(27)12-15)25(33)30-16-6-9-20(26)19(13-16)22-4-2-3-11-28-22;25-19-8-5-15(12-18(19)21-3-1-2-10-28-21)30-24(33)17-7-4-14(11-20(17)26)23(32)31-16-6-9-22(27)29-13-16;1-27(2)13-14-31(29,30)16-17-6-8-18(9-7-17)23(28)26-19-10-11-21(24)20(15-19)22-5-3-4-12-25-22;1-13(28)12-26-21(29)14-5-7-16(19(24)10-14)22(30)27-15-6-8-18(23)17(11-15)20-4-2-3-9-25-20/h2-14H,1H3,(H,30,33)(H,31,32);1-13H,(H2,27,29)(H,30,33)(H,31,32);3-12,15H,13-14,16H2,1-2H3,(H,26,28);2-11,13,28H,12H2,1H3,(H,26,29)(H,27,30)/t;;;13-/m...1/s1. The molecule has 128 heavy (non-hydrogen) atoms. The number of aromatic nitrogens is 6. The molecule has 8 aromatic carbocycles. The second kappa shape index (κ2) is 45.6. The molecular weight excluding hydrogens is 1800 g/mol. The minimum atomic E-state index is -3.21. The van der Waals surface area contributed by atoms with Gasteiger partial charge in [0, 0.05) is 111 Å². The number of ether oxygens (including phenoxy) is 1. The molecule has 1 atom stereocenters. The third-order valence-electron chi connectivity index (χ3n) is 18.3. The molecule has 0 fully saturated rings. The topological polar surface area (TPSA) is 374 Å². The number of carbonyl (C=O) groups is 7. The van der Waals surface area contributed by atoms with Crippen LogP contribution in [0.2, 0.25) is 35.2 Å². The maximum atomic E-state index is 12.8. The van der Waals surface area contributed by atoms with Crippen molar-refractivity contribution in [3.8, 4) is 50.9 Å². The van der Waals surface area contributed by atoms with Crippen molar-refractivity contribution in [2.45, 2.75) is 18.8 Å². The highest BCUT2D eigenvalue weighted by molar-refractivity contribution is 7.90. The van der Waals surface area contributed by atoms with Gasteiger partial charge < -0.3 is 57.7 Å². The number of carbonyl (C=O) groups excluding carboxylic acids is 7. The lowest BCUT2D eigenvalue weighted by Crippen LogP contribution is -2.30. The number of nitrogen functional groups attached to an aromatic ring is 1. The molecule has 34 heteroatoms. The molecule has 0 spiro atoms. The van der Waals surface area contributed by atoms with Gasteiger partial charge in [-0.15, -0.1) is 0 Å². The summed E-state index contributed by atoms with van der Waals surface area (Å²) in [5, 5.41) is 31.0. The van der Waals surface area contributed by atoms with E-state index in [1.807, 2.05) is 85.7 Å². The summed E-state index contributed by atoms with van der Waals surface area (Å²) >= 11 is 44.0. The van der Waals surface area contributed by atoms with E-state index in [2.05, 4.69) is 67.1 Å². The maximum Gasteiger partial charge on any atom is 0.257 e. The Morgan fingerprint density at radius 3 is 1.02 bits per heavy atom. The Hall–Kier alpha value is -13.6. The Balaban J connectivity index is 0.000000166. The molecule has 6 heterocycles. The molecule has 0 saturated heterocycles. The van der Waals surface area contributed by atoms with Crippen molar-refractivity contribution in [1.29, 1.82) is 0 Å². The van der Waals surface area contributed by atoms with Gasteiger partial charge in [-0.05, 0) is 233 Å². The number of hydrogen-bond acceptors (Lipinski definition) is 19. The lowest BCUT2D eigenvalue weighted by Gasteiger charge is -2.11. The number of sulfone groups is 1. The van der Waals surface area contributed by atoms with Gasteiger partial charge >= 0.3 is 0 Å². The Labute approximate surface area is 771 Å². The number of aliphatic hydroxyl groups excluding tert-OH is 1. The Bertz CT molecular complexity index is 6450. The molecule has 0 unspecified atom stereocenters. The minimum absolute atomic E-state index is 0.0483. The highest BCUT2D eigenvalue weighted by Gasteiger charge is 2.22. The molecule has 0 radical (unpaired) electrons. The number of methoxy groups -OCH3 is 1. The molecule has 10 N–H and O–H groups in total. The van der Waals surface area contributed by atoms with Crippen molar-refractivity contribution in [2.24, 2.45) is 0 Å². The van der Waals surface area contributed by atoms with Crippen LogP contribution in [0.15, 0.2) is 286 Å². The van der Waals surface area contributed by atoms with Gasteiger partial charge in [-0.1, -0.05) is 118 Å². The molecule has 14 aromatic rings. The molecule has 0 aliphatic carbocycles. The van der Waals surface area contributed by atoms with E-state index in [0.29, 0.717) is 134 Å². The number of nitrogens with one attached hydrogen (secondary N) is 7. The van der Waals surface area contributed by atoms with E-state index in [1.54, 1.807) is 159 Å². The predicted octanol–water partition coefficient (Wildman–Crippen LogP) is 20.0. The minimum Gasteiger partial charge on any atom is -0.481 e. The molecule has 0 bridgehead atoms. The van der Waals surface area contributed by atoms with E-state index >= 15 is 0 Å². The Morgan fingerprint density at radius 1 is 0.383 bits per heavy atom. The fraction of sp³-hybridized carbons (Fsp3) is 0.0957. The normalized spacial score (nSPS) is 11.0. The largest absolute Gasteiger partial charge is 0.481 e. The van der Waals surface area contributed by atoms with Crippen LogP contribution in [0.1, 0.15) is 85.0 Å². The summed E-state index contributed by atoms with van der Waals surface area (Å²) in [6.45, 7) is 2.16. The number of halogens is 7. The van der Waals surface area contributed by atoms with Gasteiger partial charge in [0.25, 0.3) is 41.4 Å². The Kier molecular flexibility index (Phi) is 33.9. The first-order chi connectivity index (χ1) is 61.4. The first kappa shape index (κ1) is 95.1. The highest BCUT2D eigenvalue weighted by atomic mass is 35.5. The number of aliphatic hydroxyl groups is 1. The monoisotopic (exact) mass is 1870 g/mol. The van der Waals surface area contributed by atoms with E-state index < -0.39 is 45.5 Å². The summed E-state index contributed by atoms with van der Waals surface area (Å²) in [7, 11) is 1.97. The Morgan fingerprint density at radius 2 is 0.711 bits per heavy atom. The number of pyridine rings is 6. The van der Waals surface area contributed by atoms with Crippen LogP contribution in [0.4, 0.5) is 39.9 Å². The zero-order chi connectivity index (χ0) is 91.6. The van der Waals surface area contributed by atoms with Crippen molar-refractivity contribution in [3.63, 3.8) is 0 Å². The van der Waals surface area contributed by atoms with E-state index in [9.17, 15) is 47.1 Å². The molecule has 0 aliphatic heterocycles. The fourth-order valence-corrected chi connectivity index (χ4v) is 15.0. The van der Waals surface area contributed by atoms with E-state index in [4.69, 9.17) is 91.7 Å². The summed E-state index contributed by atoms with van der Waals surface area (Å²) in [5.41, 5.74) is 16.9. The fourth-order valence-electron chi connectivity index (χ4n) is 11.8. The van der Waals surface area contributed by atoms with Crippen LogP contribution in [0, 0.1) is 0 Å². The first-order valence-electron chi connectivity index (χ1n) is 38.7. The SMILES string of the molecule is CN(C)CCS(=O)(=O)Cc1ccc(C(=O)Nc2ccc(Cl)c(-c3ccccn3)c2)cc1.COc1ccc(NC(=O)c2ccc(C(=O)Nc3ccc(Cl)c(-c4ccccn4)c3)c(Cl)c2)cn1.C[C@@H](O)CNC(=O)c1ccc(C(=O)Nc2ccc(Cl)c(-c3ccccn3)c2)c(Cl)c1.Nc1ccc(NC(=O)c2ccc(C(=O)Nc3ccc(Cl)c(-c4ccccn4)c3)c(Cl)c2)cn1. The van der Waals surface area contributed by atoms with E-state index in [1.165, 1.54) is 74.1 Å². The number of amides is 7. The second-order valence-corrected chi connectivity index (χ2v) is 33.2. The van der Waals surface area contributed by atoms with Crippen LogP contribution in [0.3, 0.4) is 0 Å². The molecule has 6 aromatic heterocycles. The molecule has 26 nitrogen and oxygen atoms in total. The molecule has 14 rings (SSSR count). The second-order valence-electron chi connectivity index (χ2n) is 28.2. The molecule has 0 saturated carbocycles. The molecular formula is C94H78Cl7N15O11S. The average molecular weight is 1870 g/mol. The molecule has 7 amide bonds. The van der Waals surface area contributed by atoms with Gasteiger partial charge in [0.15, 0.2) is 9.84 Å². The van der Waals surface area contributed by atoms with Gasteiger partial charge in [0.05, 0.1) is 123 Å². The van der Waals surface area contributed by atoms with Crippen LogP contribution < -0.4 is 47.7 Å². The van der Waals surface area contributed by atoms with Gasteiger partial charge in [-0.2, -0.15) is 0 Å². The van der Waals surface area contributed by atoms with Gasteiger partial charge in [0.1, 0.15) is 5.82 Å². The van der Waals surface area contributed by atoms with Gasteiger partial charge in [-0.25, -0.2) is 18.4 Å². The summed E-state index contributed by atoms with van der Waals surface area (Å²) in [6, 6.07) is 68.9. The molecule has 650 valence electrons. The van der Waals surface area contributed by atoms with Crippen LogP contribution >= 0.6 is 81.2 Å². The zero-order valence-corrected chi connectivity index (χ0v) is 74.4. The molecule has 0 aliphatic rings. The van der Waals surface area contributed by atoms with Crippen LogP contribution in [-0.2, 0) is 15.6 Å². The third-order valence-corrected chi connectivity index (χ3v) is 22.2. The zero-order valence-electron chi connectivity index (χ0n) is 68.3. The van der Waals surface area contributed by atoms with Crippen molar-refractivity contribution in [2.75, 3.05) is 77.7 Å². The number of nitrogens with zero attached hydrogens (tertiary/aromatic N) is 7. The van der Waals surface area contributed by atoms with Crippen molar-refractivity contribution in [3.05, 3.63) is 366 Å². The maximum absolute atomic E-state index is 12.8. The number of anilines is 7. The first-order valence-corrected chi connectivity index (χ1v) is 43.1. The van der Waals surface area contributed by atoms with Crippen LogP contribution in [0.5, 0.6) is 5.88 Å². The third kappa shape index (κ3) is 27.5. The smallest absolute Gasteiger partial charge is 0.257 e. The van der Waals surface area contributed by atoms with Crippen molar-refractivity contribution >= 4 is 172 Å². The number of rotatable bonds is 25.